The zero-order chi connectivity index (χ0) is 12.3. The molecule has 1 aromatic rings. The predicted molar refractivity (Wildman–Crippen MR) is 61.2 cm³/mol. The van der Waals surface area contributed by atoms with Gasteiger partial charge < -0.3 is 10.5 Å². The Balaban J connectivity index is 3.20. The van der Waals surface area contributed by atoms with E-state index in [1.165, 1.54) is 21.0 Å². The van der Waals surface area contributed by atoms with Crippen molar-refractivity contribution in [1.82, 2.24) is 0 Å². The van der Waals surface area contributed by atoms with Crippen LogP contribution in [-0.2, 0) is 9.59 Å². The Morgan fingerprint density at radius 3 is 2.25 bits per heavy atom. The number of nitrogen functional groups attached to an aromatic ring is 1. The van der Waals surface area contributed by atoms with Crippen LogP contribution in [0, 0.1) is 0 Å². The Morgan fingerprint density at radius 1 is 1.25 bits per heavy atom. The molecule has 0 aliphatic heterocycles. The largest absolute Gasteiger partial charge is 0.495 e. The first kappa shape index (κ1) is 12.0. The molecule has 0 unspecified atom stereocenters. The van der Waals surface area contributed by atoms with Crippen molar-refractivity contribution in [2.75, 3.05) is 17.7 Å². The summed E-state index contributed by atoms with van der Waals surface area (Å²) < 4.78 is 5.02. The fourth-order valence-electron chi connectivity index (χ4n) is 1.42. The van der Waals surface area contributed by atoms with Crippen LogP contribution in [0.4, 0.5) is 11.4 Å². The molecule has 0 saturated carbocycles. The lowest BCUT2D eigenvalue weighted by atomic mass is 10.2. The third kappa shape index (κ3) is 2.31. The topological polar surface area (TPSA) is 72.6 Å². The third-order valence-electron chi connectivity index (χ3n) is 2.11. The molecule has 0 aliphatic carbocycles. The normalized spacial score (nSPS) is 9.69. The first-order valence-electron chi connectivity index (χ1n) is 4.72. The van der Waals surface area contributed by atoms with E-state index in [0.717, 1.165) is 4.90 Å². The zero-order valence-corrected chi connectivity index (χ0v) is 9.48. The molecule has 2 amide bonds. The molecule has 1 aromatic carbocycles. The molecule has 0 fully saturated rings. The molecule has 1 rings (SSSR count). The van der Waals surface area contributed by atoms with E-state index in [0.29, 0.717) is 17.1 Å². The van der Waals surface area contributed by atoms with E-state index in [9.17, 15) is 9.59 Å². The van der Waals surface area contributed by atoms with Crippen LogP contribution in [0.25, 0.3) is 0 Å². The van der Waals surface area contributed by atoms with Gasteiger partial charge >= 0.3 is 0 Å². The van der Waals surface area contributed by atoms with Crippen LogP contribution in [0.2, 0.25) is 0 Å². The highest BCUT2D eigenvalue weighted by atomic mass is 16.5. The average Bonchev–Trinajstić information content (AvgIpc) is 2.19. The summed E-state index contributed by atoms with van der Waals surface area (Å²) in [5.74, 6) is -0.261. The van der Waals surface area contributed by atoms with Crippen LogP contribution >= 0.6 is 0 Å². The monoisotopic (exact) mass is 222 g/mol. The van der Waals surface area contributed by atoms with Gasteiger partial charge in [0.25, 0.3) is 0 Å². The number of anilines is 2. The molecule has 16 heavy (non-hydrogen) atoms. The van der Waals surface area contributed by atoms with Gasteiger partial charge in [0.2, 0.25) is 11.8 Å². The van der Waals surface area contributed by atoms with Crippen LogP contribution in [0.5, 0.6) is 5.75 Å². The number of carbonyl (C=O) groups excluding carboxylic acids is 2. The van der Waals surface area contributed by atoms with Crippen molar-refractivity contribution in [3.63, 3.8) is 0 Å². The van der Waals surface area contributed by atoms with Crippen molar-refractivity contribution in [2.45, 2.75) is 13.8 Å². The highest BCUT2D eigenvalue weighted by Crippen LogP contribution is 2.27. The van der Waals surface area contributed by atoms with Crippen LogP contribution in [0.1, 0.15) is 13.8 Å². The number of amides is 2. The molecular weight excluding hydrogens is 208 g/mol. The van der Waals surface area contributed by atoms with Crippen LogP contribution < -0.4 is 15.4 Å². The fraction of sp³-hybridized carbons (Fsp3) is 0.273. The Kier molecular flexibility index (Phi) is 3.50. The molecule has 0 heterocycles. The summed E-state index contributed by atoms with van der Waals surface area (Å²) in [6, 6.07) is 4.74. The van der Waals surface area contributed by atoms with E-state index < -0.39 is 0 Å². The van der Waals surface area contributed by atoms with E-state index in [2.05, 4.69) is 0 Å². The molecule has 0 saturated heterocycles. The van der Waals surface area contributed by atoms with Crippen LogP contribution in [-0.4, -0.2) is 18.9 Å². The maximum atomic E-state index is 11.3. The summed E-state index contributed by atoms with van der Waals surface area (Å²) in [5, 5.41) is 0. The molecule has 0 spiro atoms. The Morgan fingerprint density at radius 2 is 1.81 bits per heavy atom. The maximum absolute atomic E-state index is 11.3. The number of carbonyl (C=O) groups is 2. The van der Waals surface area contributed by atoms with E-state index in [1.54, 1.807) is 18.2 Å². The molecule has 0 atom stereocenters. The Hall–Kier alpha value is -2.04. The minimum atomic E-state index is -0.348. The zero-order valence-electron chi connectivity index (χ0n) is 9.48. The number of methoxy groups -OCH3 is 1. The second kappa shape index (κ2) is 4.65. The lowest BCUT2D eigenvalue weighted by molar-refractivity contribution is -0.124. The van der Waals surface area contributed by atoms with Gasteiger partial charge in [-0.2, -0.15) is 0 Å². The average molecular weight is 222 g/mol. The lowest BCUT2D eigenvalue weighted by Crippen LogP contribution is -2.33. The van der Waals surface area contributed by atoms with E-state index in [-0.39, 0.29) is 11.8 Å². The van der Waals surface area contributed by atoms with Crippen molar-refractivity contribution in [3.8, 4) is 5.75 Å². The van der Waals surface area contributed by atoms with Crippen LogP contribution in [0.15, 0.2) is 18.2 Å². The number of benzene rings is 1. The van der Waals surface area contributed by atoms with Gasteiger partial charge in [-0.05, 0) is 12.1 Å². The molecule has 0 bridgehead atoms. The van der Waals surface area contributed by atoms with E-state index in [1.807, 2.05) is 0 Å². The van der Waals surface area contributed by atoms with Gasteiger partial charge in [-0.1, -0.05) is 0 Å². The quantitative estimate of drug-likeness (QED) is 0.762. The van der Waals surface area contributed by atoms with E-state index >= 15 is 0 Å². The SMILES string of the molecule is COc1cc(N(C(C)=O)C(C)=O)ccc1N. The number of ether oxygens (including phenoxy) is 1. The third-order valence-corrected chi connectivity index (χ3v) is 2.11. The van der Waals surface area contributed by atoms with Gasteiger partial charge in [0.1, 0.15) is 5.75 Å². The molecule has 5 heteroatoms. The fourth-order valence-corrected chi connectivity index (χ4v) is 1.42. The molecular formula is C11H14N2O3. The molecule has 0 radical (unpaired) electrons. The highest BCUT2D eigenvalue weighted by molar-refractivity contribution is 6.13. The Bertz CT molecular complexity index is 415. The summed E-state index contributed by atoms with van der Waals surface area (Å²) in [4.78, 5) is 23.7. The summed E-state index contributed by atoms with van der Waals surface area (Å²) >= 11 is 0. The number of rotatable bonds is 2. The number of nitrogens with zero attached hydrogens (tertiary/aromatic N) is 1. The smallest absolute Gasteiger partial charge is 0.230 e. The minimum absolute atomic E-state index is 0.348. The predicted octanol–water partition coefficient (Wildman–Crippen LogP) is 1.18. The summed E-state index contributed by atoms with van der Waals surface area (Å²) in [6.07, 6.45) is 0. The first-order valence-corrected chi connectivity index (χ1v) is 4.72. The number of hydrogen-bond donors (Lipinski definition) is 1. The van der Waals surface area contributed by atoms with E-state index in [4.69, 9.17) is 10.5 Å². The summed E-state index contributed by atoms with van der Waals surface area (Å²) in [5.41, 5.74) is 6.55. The molecule has 5 nitrogen and oxygen atoms in total. The second-order valence-electron chi connectivity index (χ2n) is 3.30. The van der Waals surface area contributed by atoms with Crippen molar-refractivity contribution < 1.29 is 14.3 Å². The number of hydrogen-bond acceptors (Lipinski definition) is 4. The second-order valence-corrected chi connectivity index (χ2v) is 3.30. The van der Waals surface area contributed by atoms with Crippen molar-refractivity contribution >= 4 is 23.2 Å². The van der Waals surface area contributed by atoms with Gasteiger partial charge in [-0.25, -0.2) is 0 Å². The van der Waals surface area contributed by atoms with Crippen molar-refractivity contribution in [2.24, 2.45) is 0 Å². The summed E-state index contributed by atoms with van der Waals surface area (Å²) in [7, 11) is 1.47. The standard InChI is InChI=1S/C11H14N2O3/c1-7(14)13(8(2)15)9-4-5-10(12)11(6-9)16-3/h4-6H,12H2,1-3H3. The molecule has 0 aliphatic rings. The van der Waals surface area contributed by atoms with Gasteiger partial charge in [0.15, 0.2) is 0 Å². The molecule has 0 aromatic heterocycles. The minimum Gasteiger partial charge on any atom is -0.495 e. The number of imide groups is 1. The van der Waals surface area contributed by atoms with Crippen molar-refractivity contribution in [3.05, 3.63) is 18.2 Å². The van der Waals surface area contributed by atoms with Crippen molar-refractivity contribution in [1.29, 1.82) is 0 Å². The first-order chi connectivity index (χ1) is 7.47. The molecule has 2 N–H and O–H groups in total. The maximum Gasteiger partial charge on any atom is 0.230 e. The van der Waals surface area contributed by atoms with Gasteiger partial charge in [-0.3, -0.25) is 14.5 Å². The van der Waals surface area contributed by atoms with Crippen LogP contribution in [0.3, 0.4) is 0 Å². The van der Waals surface area contributed by atoms with Gasteiger partial charge in [-0.15, -0.1) is 0 Å². The van der Waals surface area contributed by atoms with Gasteiger partial charge in [0, 0.05) is 19.9 Å². The van der Waals surface area contributed by atoms with Gasteiger partial charge in [0.05, 0.1) is 18.5 Å². The molecule has 86 valence electrons. The Labute approximate surface area is 93.8 Å². The lowest BCUT2D eigenvalue weighted by Gasteiger charge is -2.18. The number of nitrogens with two attached hydrogens (primary N) is 1. The highest BCUT2D eigenvalue weighted by Gasteiger charge is 2.17. The summed E-state index contributed by atoms with van der Waals surface area (Å²) in [6.45, 7) is 2.65.